The lowest BCUT2D eigenvalue weighted by molar-refractivity contribution is 0.180. The van der Waals surface area contributed by atoms with Crippen molar-refractivity contribution >= 4 is 5.96 Å². The number of methoxy groups -OCH3 is 1. The van der Waals surface area contributed by atoms with Crippen LogP contribution in [0.4, 0.5) is 0 Å². The van der Waals surface area contributed by atoms with Crippen molar-refractivity contribution in [2.24, 2.45) is 4.99 Å². The third-order valence-corrected chi connectivity index (χ3v) is 5.19. The van der Waals surface area contributed by atoms with Crippen LogP contribution in [0.2, 0.25) is 0 Å². The molecule has 1 saturated carbocycles. The molecule has 0 bridgehead atoms. The van der Waals surface area contributed by atoms with E-state index >= 15 is 0 Å². The number of benzene rings is 1. The average Bonchev–Trinajstić information content (AvgIpc) is 2.60. The summed E-state index contributed by atoms with van der Waals surface area (Å²) in [6.07, 6.45) is 4.89. The highest BCUT2D eigenvalue weighted by Gasteiger charge is 2.38. The Balaban J connectivity index is 1.73. The van der Waals surface area contributed by atoms with E-state index in [1.807, 2.05) is 7.05 Å². The van der Waals surface area contributed by atoms with E-state index in [0.29, 0.717) is 0 Å². The van der Waals surface area contributed by atoms with Crippen molar-refractivity contribution in [1.82, 2.24) is 15.5 Å². The molecule has 0 aliphatic heterocycles. The van der Waals surface area contributed by atoms with E-state index in [1.165, 1.54) is 24.8 Å². The molecule has 0 amide bonds. The number of guanidine groups is 1. The predicted octanol–water partition coefficient (Wildman–Crippen LogP) is 2.24. The molecule has 2 rings (SSSR count). The number of ether oxygens (including phenoxy) is 1. The topological polar surface area (TPSA) is 48.9 Å². The molecule has 5 nitrogen and oxygen atoms in total. The minimum Gasteiger partial charge on any atom is -0.385 e. The molecule has 0 aromatic heterocycles. The fourth-order valence-electron chi connectivity index (χ4n) is 3.39. The number of nitrogens with zero attached hydrogens (tertiary/aromatic N) is 2. The number of hydrogen-bond acceptors (Lipinski definition) is 3. The Kier molecular flexibility index (Phi) is 8.22. The largest absolute Gasteiger partial charge is 0.385 e. The summed E-state index contributed by atoms with van der Waals surface area (Å²) >= 11 is 0. The van der Waals surface area contributed by atoms with E-state index in [0.717, 1.165) is 45.2 Å². The summed E-state index contributed by atoms with van der Waals surface area (Å²) in [5, 5.41) is 6.97. The van der Waals surface area contributed by atoms with Gasteiger partial charge in [0.05, 0.1) is 0 Å². The van der Waals surface area contributed by atoms with Crippen LogP contribution < -0.4 is 10.6 Å². The molecule has 0 radical (unpaired) electrons. The maximum Gasteiger partial charge on any atom is 0.191 e. The first-order valence-electron chi connectivity index (χ1n) is 9.38. The van der Waals surface area contributed by atoms with Crippen molar-refractivity contribution in [3.05, 3.63) is 35.9 Å². The number of hydrogen-bond donors (Lipinski definition) is 2. The van der Waals surface area contributed by atoms with Crippen LogP contribution in [-0.4, -0.2) is 64.9 Å². The van der Waals surface area contributed by atoms with Gasteiger partial charge in [0.15, 0.2) is 5.96 Å². The molecule has 0 unspecified atom stereocenters. The van der Waals surface area contributed by atoms with Gasteiger partial charge in [0, 0.05) is 52.4 Å². The second-order valence-corrected chi connectivity index (χ2v) is 7.00. The van der Waals surface area contributed by atoms with Gasteiger partial charge in [-0.1, -0.05) is 36.8 Å². The zero-order valence-corrected chi connectivity index (χ0v) is 16.1. The molecule has 1 aromatic carbocycles. The van der Waals surface area contributed by atoms with Gasteiger partial charge in [-0.2, -0.15) is 0 Å². The van der Waals surface area contributed by atoms with Gasteiger partial charge in [-0.15, -0.1) is 0 Å². The van der Waals surface area contributed by atoms with Crippen molar-refractivity contribution in [2.45, 2.75) is 31.1 Å². The highest BCUT2D eigenvalue weighted by Crippen LogP contribution is 2.43. The van der Waals surface area contributed by atoms with E-state index in [-0.39, 0.29) is 5.41 Å². The van der Waals surface area contributed by atoms with Crippen LogP contribution in [0, 0.1) is 0 Å². The maximum atomic E-state index is 5.10. The first-order chi connectivity index (χ1) is 12.2. The van der Waals surface area contributed by atoms with Crippen LogP contribution >= 0.6 is 0 Å². The van der Waals surface area contributed by atoms with Gasteiger partial charge in [0.25, 0.3) is 0 Å². The molecule has 140 valence electrons. The van der Waals surface area contributed by atoms with Crippen LogP contribution in [-0.2, 0) is 10.2 Å². The van der Waals surface area contributed by atoms with Gasteiger partial charge in [-0.05, 0) is 31.9 Å². The Morgan fingerprint density at radius 3 is 2.56 bits per heavy atom. The van der Waals surface area contributed by atoms with Crippen molar-refractivity contribution < 1.29 is 4.74 Å². The van der Waals surface area contributed by atoms with E-state index in [4.69, 9.17) is 4.74 Å². The zero-order valence-electron chi connectivity index (χ0n) is 16.1. The summed E-state index contributed by atoms with van der Waals surface area (Å²) in [5.74, 6) is 0.896. The fourth-order valence-corrected chi connectivity index (χ4v) is 3.39. The van der Waals surface area contributed by atoms with Crippen molar-refractivity contribution in [3.8, 4) is 0 Å². The highest BCUT2D eigenvalue weighted by atomic mass is 16.5. The second kappa shape index (κ2) is 10.4. The van der Waals surface area contributed by atoms with Crippen LogP contribution in [0.15, 0.2) is 35.3 Å². The second-order valence-electron chi connectivity index (χ2n) is 7.00. The monoisotopic (exact) mass is 346 g/mol. The molecule has 0 spiro atoms. The van der Waals surface area contributed by atoms with Gasteiger partial charge in [0.2, 0.25) is 0 Å². The minimum absolute atomic E-state index is 0.274. The summed E-state index contributed by atoms with van der Waals surface area (Å²) in [5.41, 5.74) is 1.72. The third-order valence-electron chi connectivity index (χ3n) is 5.19. The summed E-state index contributed by atoms with van der Waals surface area (Å²) in [6.45, 7) is 4.71. The molecule has 1 aliphatic rings. The average molecular weight is 347 g/mol. The minimum atomic E-state index is 0.274. The molecule has 25 heavy (non-hydrogen) atoms. The molecule has 2 N–H and O–H groups in total. The van der Waals surface area contributed by atoms with Crippen LogP contribution in [0.25, 0.3) is 0 Å². The Bertz CT molecular complexity index is 514. The Labute approximate surface area is 152 Å². The lowest BCUT2D eigenvalue weighted by atomic mass is 9.64. The smallest absolute Gasteiger partial charge is 0.191 e. The molecule has 0 atom stereocenters. The molecule has 1 aliphatic carbocycles. The van der Waals surface area contributed by atoms with Gasteiger partial charge >= 0.3 is 0 Å². The van der Waals surface area contributed by atoms with E-state index in [1.54, 1.807) is 7.11 Å². The number of nitrogens with one attached hydrogen (secondary N) is 2. The maximum absolute atomic E-state index is 5.10. The molecule has 0 saturated heterocycles. The Morgan fingerprint density at radius 1 is 1.20 bits per heavy atom. The number of rotatable bonds is 10. The third kappa shape index (κ3) is 6.01. The van der Waals surface area contributed by atoms with Gasteiger partial charge < -0.3 is 20.3 Å². The van der Waals surface area contributed by atoms with Crippen molar-refractivity contribution in [1.29, 1.82) is 0 Å². The van der Waals surface area contributed by atoms with E-state index < -0.39 is 0 Å². The lowest BCUT2D eigenvalue weighted by Gasteiger charge is -2.43. The zero-order chi connectivity index (χ0) is 18.0. The Morgan fingerprint density at radius 2 is 1.96 bits per heavy atom. The molecule has 0 heterocycles. The fraction of sp³-hybridized carbons (Fsp3) is 0.650. The van der Waals surface area contributed by atoms with Gasteiger partial charge in [-0.3, -0.25) is 4.99 Å². The molecule has 1 fully saturated rings. The summed E-state index contributed by atoms with van der Waals surface area (Å²) in [7, 11) is 5.74. The molecule has 1 aromatic rings. The summed E-state index contributed by atoms with van der Waals surface area (Å²) in [4.78, 5) is 6.69. The van der Waals surface area contributed by atoms with Crippen molar-refractivity contribution in [2.75, 3.05) is 54.0 Å². The summed E-state index contributed by atoms with van der Waals surface area (Å²) in [6, 6.07) is 10.9. The molecule has 5 heteroatoms. The summed E-state index contributed by atoms with van der Waals surface area (Å²) < 4.78 is 5.10. The Hall–Kier alpha value is -1.59. The normalized spacial score (nSPS) is 16.6. The van der Waals surface area contributed by atoms with Crippen LogP contribution in [0.5, 0.6) is 0 Å². The number of likely N-dealkylation sites (N-methyl/N-ethyl adjacent to an activating group) is 1. The molecular weight excluding hydrogens is 312 g/mol. The standard InChI is InChI=1S/C20H34N4O/c1-21-19(22-13-15-24(2)14-8-16-25-3)23-17-20(11-7-12-20)18-9-5-4-6-10-18/h4-6,9-10H,7-8,11-17H2,1-3H3,(H2,21,22,23). The van der Waals surface area contributed by atoms with E-state index in [2.05, 4.69) is 57.9 Å². The van der Waals surface area contributed by atoms with Crippen LogP contribution in [0.3, 0.4) is 0 Å². The SMILES string of the molecule is CN=C(NCCN(C)CCCOC)NCC1(c2ccccc2)CCC1. The quantitative estimate of drug-likeness (QED) is 0.388. The van der Waals surface area contributed by atoms with Gasteiger partial charge in [-0.25, -0.2) is 0 Å². The number of aliphatic imine (C=N–C) groups is 1. The first kappa shape index (κ1) is 19.7. The van der Waals surface area contributed by atoms with Crippen LogP contribution in [0.1, 0.15) is 31.2 Å². The predicted molar refractivity (Wildman–Crippen MR) is 105 cm³/mol. The molecular formula is C20H34N4O. The lowest BCUT2D eigenvalue weighted by Crippen LogP contribution is -2.49. The van der Waals surface area contributed by atoms with Crippen molar-refractivity contribution in [3.63, 3.8) is 0 Å². The van der Waals surface area contributed by atoms with Gasteiger partial charge in [0.1, 0.15) is 0 Å². The first-order valence-corrected chi connectivity index (χ1v) is 9.38. The highest BCUT2D eigenvalue weighted by molar-refractivity contribution is 5.79. The van der Waals surface area contributed by atoms with E-state index in [9.17, 15) is 0 Å².